The van der Waals surface area contributed by atoms with E-state index in [1.165, 1.54) is 24.5 Å². The van der Waals surface area contributed by atoms with Crippen LogP contribution in [0.3, 0.4) is 0 Å². The highest BCUT2D eigenvalue weighted by Gasteiger charge is 2.34. The lowest BCUT2D eigenvalue weighted by Crippen LogP contribution is -2.49. The predicted molar refractivity (Wildman–Crippen MR) is 117 cm³/mol. The number of aliphatic hydroxyl groups is 1. The van der Waals surface area contributed by atoms with Gasteiger partial charge in [-0.05, 0) is 31.0 Å². The van der Waals surface area contributed by atoms with Crippen LogP contribution in [0.4, 0.5) is 5.69 Å². The fourth-order valence-electron chi connectivity index (χ4n) is 3.77. The molecule has 4 aromatic heterocycles. The van der Waals surface area contributed by atoms with Crippen molar-refractivity contribution in [3.05, 3.63) is 54.3 Å². The molecule has 1 saturated carbocycles. The van der Waals surface area contributed by atoms with Crippen LogP contribution < -0.4 is 10.0 Å². The third kappa shape index (κ3) is 4.05. The van der Waals surface area contributed by atoms with E-state index in [9.17, 15) is 13.5 Å². The van der Waals surface area contributed by atoms with Crippen molar-refractivity contribution in [2.75, 3.05) is 5.32 Å². The average Bonchev–Trinajstić information content (AvgIpc) is 3.47. The molecule has 0 amide bonds. The number of nitriles is 1. The SMILES string of the molecule is N#Cc1ccnc(S(=O)(=O)N[C@H]2C[C@@H](Nc3c(-c4ncc(CO)o4)cnc4[nH]ccc34)C2)c1. The first-order valence-corrected chi connectivity index (χ1v) is 11.6. The Morgan fingerprint density at radius 2 is 2.06 bits per heavy atom. The van der Waals surface area contributed by atoms with Gasteiger partial charge in [0, 0.05) is 36.1 Å². The monoisotopic (exact) mass is 465 g/mol. The van der Waals surface area contributed by atoms with Crippen molar-refractivity contribution in [2.24, 2.45) is 0 Å². The number of fused-ring (bicyclic) bond motifs is 1. The molecular formula is C21H19N7O4S. The molecule has 0 unspecified atom stereocenters. The lowest BCUT2D eigenvalue weighted by Gasteiger charge is -2.37. The number of oxazole rings is 1. The molecule has 0 atom stereocenters. The van der Waals surface area contributed by atoms with Crippen LogP contribution in [0.5, 0.6) is 0 Å². The fourth-order valence-corrected chi connectivity index (χ4v) is 5.01. The van der Waals surface area contributed by atoms with E-state index in [-0.39, 0.29) is 29.3 Å². The van der Waals surface area contributed by atoms with Crippen molar-refractivity contribution in [3.63, 3.8) is 0 Å². The highest BCUT2D eigenvalue weighted by molar-refractivity contribution is 7.89. The summed E-state index contributed by atoms with van der Waals surface area (Å²) in [5, 5.41) is 22.4. The van der Waals surface area contributed by atoms with Gasteiger partial charge < -0.3 is 19.8 Å². The number of pyridine rings is 2. The number of rotatable bonds is 7. The number of aromatic nitrogens is 4. The minimum absolute atomic E-state index is 0.00243. The van der Waals surface area contributed by atoms with E-state index in [0.29, 0.717) is 35.7 Å². The highest BCUT2D eigenvalue weighted by atomic mass is 32.2. The molecule has 4 aromatic rings. The average molecular weight is 465 g/mol. The lowest BCUT2D eigenvalue weighted by atomic mass is 9.87. The quantitative estimate of drug-likeness (QED) is 0.318. The molecule has 12 heteroatoms. The van der Waals surface area contributed by atoms with Gasteiger partial charge in [-0.2, -0.15) is 5.26 Å². The van der Waals surface area contributed by atoms with Gasteiger partial charge in [-0.25, -0.2) is 28.1 Å². The second kappa shape index (κ2) is 8.28. The van der Waals surface area contributed by atoms with Crippen molar-refractivity contribution >= 4 is 26.7 Å². The summed E-state index contributed by atoms with van der Waals surface area (Å²) in [7, 11) is -3.83. The van der Waals surface area contributed by atoms with Gasteiger partial charge in [0.15, 0.2) is 5.03 Å². The molecule has 33 heavy (non-hydrogen) atoms. The maximum Gasteiger partial charge on any atom is 0.258 e. The molecule has 4 N–H and O–H groups in total. The van der Waals surface area contributed by atoms with E-state index in [4.69, 9.17) is 9.68 Å². The zero-order valence-electron chi connectivity index (χ0n) is 17.2. The molecule has 0 saturated heterocycles. The van der Waals surface area contributed by atoms with Crippen LogP contribution in [0.1, 0.15) is 24.2 Å². The smallest absolute Gasteiger partial charge is 0.258 e. The normalized spacial score (nSPS) is 18.1. The maximum atomic E-state index is 12.6. The Bertz CT molecular complexity index is 1470. The topological polar surface area (TPSA) is 170 Å². The first-order valence-electron chi connectivity index (χ1n) is 10.1. The predicted octanol–water partition coefficient (Wildman–Crippen LogP) is 1.90. The Labute approximate surface area is 188 Å². The Morgan fingerprint density at radius 1 is 1.21 bits per heavy atom. The molecule has 1 aliphatic rings. The Balaban J connectivity index is 1.32. The standard InChI is InChI=1S/C21H19N7O4S/c22-8-12-1-3-23-18(5-12)33(30,31)28-14-6-13(7-14)27-19-16-2-4-24-20(16)25-10-17(19)21-26-9-15(11-29)32-21/h1-5,9-10,13-14,28-29H,6-7,11H2,(H2,24,25,27)/t13-,14+. The van der Waals surface area contributed by atoms with Gasteiger partial charge >= 0.3 is 0 Å². The molecular weight excluding hydrogens is 446 g/mol. The van der Waals surface area contributed by atoms with E-state index >= 15 is 0 Å². The zero-order valence-corrected chi connectivity index (χ0v) is 18.0. The maximum absolute atomic E-state index is 12.6. The van der Waals surface area contributed by atoms with Crippen LogP contribution in [-0.2, 0) is 16.6 Å². The first-order chi connectivity index (χ1) is 16.0. The molecule has 0 aromatic carbocycles. The van der Waals surface area contributed by atoms with Crippen LogP contribution >= 0.6 is 0 Å². The third-order valence-corrected chi connectivity index (χ3v) is 6.89. The van der Waals surface area contributed by atoms with E-state index in [1.54, 1.807) is 12.4 Å². The van der Waals surface area contributed by atoms with Crippen molar-refractivity contribution in [3.8, 4) is 17.5 Å². The summed E-state index contributed by atoms with van der Waals surface area (Å²) in [5.74, 6) is 0.675. The number of aromatic amines is 1. The second-order valence-electron chi connectivity index (χ2n) is 7.70. The van der Waals surface area contributed by atoms with E-state index < -0.39 is 10.0 Å². The number of nitrogens with zero attached hydrogens (tertiary/aromatic N) is 4. The summed E-state index contributed by atoms with van der Waals surface area (Å²) in [4.78, 5) is 15.6. The molecule has 0 bridgehead atoms. The molecule has 1 aliphatic carbocycles. The van der Waals surface area contributed by atoms with Gasteiger partial charge in [-0.1, -0.05) is 0 Å². The van der Waals surface area contributed by atoms with Crippen LogP contribution in [-0.4, -0.2) is 45.5 Å². The van der Waals surface area contributed by atoms with Gasteiger partial charge in [0.05, 0.1) is 29.1 Å². The van der Waals surface area contributed by atoms with Crippen molar-refractivity contribution in [2.45, 2.75) is 36.6 Å². The number of hydrogen-bond acceptors (Lipinski definition) is 9. The molecule has 4 heterocycles. The van der Waals surface area contributed by atoms with E-state index in [2.05, 4.69) is 30.0 Å². The molecule has 1 fully saturated rings. The lowest BCUT2D eigenvalue weighted by molar-refractivity contribution is 0.248. The minimum atomic E-state index is -3.83. The molecule has 0 spiro atoms. The third-order valence-electron chi connectivity index (χ3n) is 5.47. The van der Waals surface area contributed by atoms with Crippen molar-refractivity contribution in [1.82, 2.24) is 24.7 Å². The summed E-state index contributed by atoms with van der Waals surface area (Å²) >= 11 is 0. The summed E-state index contributed by atoms with van der Waals surface area (Å²) in [6, 6.07) is 6.24. The van der Waals surface area contributed by atoms with E-state index in [0.717, 1.165) is 11.1 Å². The summed E-state index contributed by atoms with van der Waals surface area (Å²) in [6.45, 7) is -0.258. The molecule has 11 nitrogen and oxygen atoms in total. The van der Waals surface area contributed by atoms with E-state index in [1.807, 2.05) is 12.1 Å². The van der Waals surface area contributed by atoms with Gasteiger partial charge in [0.1, 0.15) is 18.0 Å². The molecule has 168 valence electrons. The summed E-state index contributed by atoms with van der Waals surface area (Å²) in [5.41, 5.74) is 2.33. The van der Waals surface area contributed by atoms with Gasteiger partial charge in [-0.15, -0.1) is 0 Å². The van der Waals surface area contributed by atoms with Crippen LogP contribution in [0.15, 0.2) is 52.4 Å². The van der Waals surface area contributed by atoms with Gasteiger partial charge in [0.25, 0.3) is 10.0 Å². The zero-order chi connectivity index (χ0) is 23.0. The number of aliphatic hydroxyl groups excluding tert-OH is 1. The van der Waals surface area contributed by atoms with Gasteiger partial charge in [0.2, 0.25) is 5.89 Å². The number of anilines is 1. The van der Waals surface area contributed by atoms with Crippen molar-refractivity contribution < 1.29 is 17.9 Å². The molecule has 0 radical (unpaired) electrons. The van der Waals surface area contributed by atoms with Crippen LogP contribution in [0.2, 0.25) is 0 Å². The van der Waals surface area contributed by atoms with Crippen molar-refractivity contribution in [1.29, 1.82) is 5.26 Å². The Kier molecular flexibility index (Phi) is 5.29. The summed E-state index contributed by atoms with van der Waals surface area (Å²) < 4.78 is 33.5. The largest absolute Gasteiger partial charge is 0.439 e. The number of sulfonamides is 1. The summed E-state index contributed by atoms with van der Waals surface area (Å²) in [6.07, 6.45) is 7.29. The van der Waals surface area contributed by atoms with Gasteiger partial charge in [-0.3, -0.25) is 0 Å². The molecule has 5 rings (SSSR count). The minimum Gasteiger partial charge on any atom is -0.439 e. The van der Waals surface area contributed by atoms with Crippen LogP contribution in [0, 0.1) is 11.3 Å². The molecule has 0 aliphatic heterocycles. The Morgan fingerprint density at radius 3 is 2.82 bits per heavy atom. The number of H-pyrrole nitrogens is 1. The van der Waals surface area contributed by atoms with Crippen LogP contribution in [0.25, 0.3) is 22.5 Å². The highest BCUT2D eigenvalue weighted by Crippen LogP contribution is 2.36. The Hall–Kier alpha value is -3.79. The first kappa shape index (κ1) is 21.1. The second-order valence-corrected chi connectivity index (χ2v) is 9.36. The number of hydrogen-bond donors (Lipinski definition) is 4. The fraction of sp³-hybridized carbons (Fsp3) is 0.238. The number of nitrogens with one attached hydrogen (secondary N) is 3.